The molecule has 0 saturated heterocycles. The molecule has 112 valence electrons. The van der Waals surface area contributed by atoms with Gasteiger partial charge in [-0.25, -0.2) is 8.42 Å². The van der Waals surface area contributed by atoms with E-state index in [2.05, 4.69) is 20.7 Å². The summed E-state index contributed by atoms with van der Waals surface area (Å²) < 4.78 is 27.4. The molecule has 0 unspecified atom stereocenters. The van der Waals surface area contributed by atoms with Gasteiger partial charge < -0.3 is 10.8 Å². The van der Waals surface area contributed by atoms with E-state index in [1.807, 2.05) is 0 Å². The van der Waals surface area contributed by atoms with Crippen molar-refractivity contribution in [3.63, 3.8) is 0 Å². The molecule has 0 aliphatic carbocycles. The van der Waals surface area contributed by atoms with E-state index in [1.165, 1.54) is 18.2 Å². The number of nitrogens with one attached hydrogen (secondary N) is 1. The third kappa shape index (κ3) is 3.37. The van der Waals surface area contributed by atoms with Crippen molar-refractivity contribution in [2.24, 2.45) is 0 Å². The highest BCUT2D eigenvalue weighted by atomic mass is 79.9. The zero-order valence-corrected chi connectivity index (χ0v) is 14.2. The Morgan fingerprint density at radius 2 is 1.81 bits per heavy atom. The fourth-order valence-corrected chi connectivity index (χ4v) is 3.49. The van der Waals surface area contributed by atoms with Gasteiger partial charge in [0.2, 0.25) is 0 Å². The molecule has 0 atom stereocenters. The van der Waals surface area contributed by atoms with Crippen LogP contribution in [-0.4, -0.2) is 13.5 Å². The van der Waals surface area contributed by atoms with Crippen LogP contribution in [0.2, 0.25) is 10.0 Å². The first-order valence-corrected chi connectivity index (χ1v) is 8.50. The summed E-state index contributed by atoms with van der Waals surface area (Å²) in [7, 11) is -3.90. The van der Waals surface area contributed by atoms with Crippen molar-refractivity contribution in [3.05, 3.63) is 44.8 Å². The second-order valence-electron chi connectivity index (χ2n) is 4.05. The van der Waals surface area contributed by atoms with E-state index in [-0.39, 0.29) is 32.1 Å². The number of benzene rings is 2. The van der Waals surface area contributed by atoms with Crippen molar-refractivity contribution in [1.82, 2.24) is 0 Å². The number of aromatic hydroxyl groups is 1. The highest BCUT2D eigenvalue weighted by Crippen LogP contribution is 2.37. The minimum absolute atomic E-state index is 0.0437. The van der Waals surface area contributed by atoms with Crippen LogP contribution in [0.1, 0.15) is 0 Å². The van der Waals surface area contributed by atoms with Crippen LogP contribution in [0, 0.1) is 0 Å². The van der Waals surface area contributed by atoms with Crippen LogP contribution in [0.4, 0.5) is 11.4 Å². The summed E-state index contributed by atoms with van der Waals surface area (Å²) in [6.07, 6.45) is 0. The van der Waals surface area contributed by atoms with Gasteiger partial charge in [-0.3, -0.25) is 4.72 Å². The van der Waals surface area contributed by atoms with Crippen LogP contribution in [-0.2, 0) is 10.0 Å². The number of rotatable bonds is 3. The van der Waals surface area contributed by atoms with Gasteiger partial charge in [-0.15, -0.1) is 0 Å². The Morgan fingerprint density at radius 1 is 1.14 bits per heavy atom. The van der Waals surface area contributed by atoms with Crippen molar-refractivity contribution in [1.29, 1.82) is 0 Å². The molecule has 9 heteroatoms. The molecule has 5 nitrogen and oxygen atoms in total. The lowest BCUT2D eigenvalue weighted by Crippen LogP contribution is -2.13. The summed E-state index contributed by atoms with van der Waals surface area (Å²) in [5.41, 5.74) is 5.58. The van der Waals surface area contributed by atoms with Gasteiger partial charge in [-0.05, 0) is 46.3 Å². The Kier molecular flexibility index (Phi) is 4.57. The molecule has 21 heavy (non-hydrogen) atoms. The number of phenols is 1. The summed E-state index contributed by atoms with van der Waals surface area (Å²) in [4.78, 5) is -0.104. The molecule has 4 N–H and O–H groups in total. The Balaban J connectivity index is 2.42. The van der Waals surface area contributed by atoms with E-state index in [9.17, 15) is 13.5 Å². The lowest BCUT2D eigenvalue weighted by Gasteiger charge is -2.12. The average Bonchev–Trinajstić information content (AvgIpc) is 2.42. The summed E-state index contributed by atoms with van der Waals surface area (Å²) >= 11 is 15.1. The minimum Gasteiger partial charge on any atom is -0.506 e. The Labute approximate surface area is 139 Å². The van der Waals surface area contributed by atoms with E-state index in [1.54, 1.807) is 6.07 Å². The third-order valence-electron chi connectivity index (χ3n) is 2.59. The maximum Gasteiger partial charge on any atom is 0.262 e. The molecular formula is C12H9BrCl2N2O3S. The normalized spacial score (nSPS) is 11.4. The molecule has 0 aliphatic heterocycles. The van der Waals surface area contributed by atoms with E-state index in [0.717, 1.165) is 6.07 Å². The molecule has 0 aliphatic rings. The SMILES string of the molecule is Nc1cc(S(=O)(=O)Nc2ccc(Br)c(Cl)c2Cl)ccc1O. The smallest absolute Gasteiger partial charge is 0.262 e. The monoisotopic (exact) mass is 410 g/mol. The van der Waals surface area contributed by atoms with Gasteiger partial charge in [0.25, 0.3) is 10.0 Å². The Hall–Kier alpha value is -1.15. The van der Waals surface area contributed by atoms with Crippen LogP contribution >= 0.6 is 39.1 Å². The molecular weight excluding hydrogens is 403 g/mol. The summed E-state index contributed by atoms with van der Waals surface area (Å²) in [5, 5.41) is 9.59. The number of hydrogen-bond donors (Lipinski definition) is 3. The standard InChI is InChI=1S/C12H9BrCl2N2O3S/c13-7-2-3-9(12(15)11(7)14)17-21(19,20)6-1-4-10(18)8(16)5-6/h1-5,17-18H,16H2. The fraction of sp³-hybridized carbons (Fsp3) is 0. The van der Waals surface area contributed by atoms with E-state index in [0.29, 0.717) is 4.47 Å². The maximum atomic E-state index is 12.3. The summed E-state index contributed by atoms with van der Waals surface area (Å²) in [6.45, 7) is 0. The fourth-order valence-electron chi connectivity index (χ4n) is 1.51. The van der Waals surface area contributed by atoms with Gasteiger partial charge >= 0.3 is 0 Å². The second kappa shape index (κ2) is 5.92. The first kappa shape index (κ1) is 16.2. The lowest BCUT2D eigenvalue weighted by atomic mass is 10.3. The topological polar surface area (TPSA) is 92.4 Å². The van der Waals surface area contributed by atoms with Crippen LogP contribution in [0.3, 0.4) is 0 Å². The van der Waals surface area contributed by atoms with Gasteiger partial charge in [0.1, 0.15) is 5.75 Å². The first-order chi connectivity index (χ1) is 9.72. The highest BCUT2D eigenvalue weighted by Gasteiger charge is 2.18. The Morgan fingerprint density at radius 3 is 2.43 bits per heavy atom. The quantitative estimate of drug-likeness (QED) is 0.406. The number of hydrogen-bond acceptors (Lipinski definition) is 4. The summed E-state index contributed by atoms with van der Waals surface area (Å²) in [6, 6.07) is 6.60. The van der Waals surface area contributed by atoms with Gasteiger partial charge in [0.05, 0.1) is 26.3 Å². The van der Waals surface area contributed by atoms with Crippen LogP contribution < -0.4 is 10.5 Å². The van der Waals surface area contributed by atoms with E-state index in [4.69, 9.17) is 28.9 Å². The molecule has 0 amide bonds. The van der Waals surface area contributed by atoms with E-state index < -0.39 is 10.0 Å². The molecule has 2 aromatic rings. The molecule has 0 radical (unpaired) electrons. The molecule has 0 aromatic heterocycles. The average molecular weight is 412 g/mol. The maximum absolute atomic E-state index is 12.3. The molecule has 0 fully saturated rings. The van der Waals surface area contributed by atoms with Crippen molar-refractivity contribution in [3.8, 4) is 5.75 Å². The predicted molar refractivity (Wildman–Crippen MR) is 87.5 cm³/mol. The third-order valence-corrected chi connectivity index (χ3v) is 5.72. The van der Waals surface area contributed by atoms with Crippen LogP contribution in [0.5, 0.6) is 5.75 Å². The predicted octanol–water partition coefficient (Wildman–Crippen LogP) is 3.84. The van der Waals surface area contributed by atoms with Crippen LogP contribution in [0.25, 0.3) is 0 Å². The van der Waals surface area contributed by atoms with Crippen LogP contribution in [0.15, 0.2) is 39.7 Å². The minimum atomic E-state index is -3.90. The first-order valence-electron chi connectivity index (χ1n) is 5.47. The zero-order chi connectivity index (χ0) is 15.8. The zero-order valence-electron chi connectivity index (χ0n) is 10.3. The number of halogens is 3. The van der Waals surface area contributed by atoms with Crippen molar-refractivity contribution >= 4 is 60.5 Å². The van der Waals surface area contributed by atoms with Crippen molar-refractivity contribution in [2.75, 3.05) is 10.5 Å². The second-order valence-corrected chi connectivity index (χ2v) is 7.34. The molecule has 2 rings (SSSR count). The highest BCUT2D eigenvalue weighted by molar-refractivity contribution is 9.10. The number of nitrogen functional groups attached to an aromatic ring is 1. The number of phenolic OH excluding ortho intramolecular Hbond substituents is 1. The van der Waals surface area contributed by atoms with Crippen molar-refractivity contribution < 1.29 is 13.5 Å². The largest absolute Gasteiger partial charge is 0.506 e. The van der Waals surface area contributed by atoms with E-state index >= 15 is 0 Å². The van der Waals surface area contributed by atoms with Gasteiger partial charge in [0, 0.05) is 4.47 Å². The van der Waals surface area contributed by atoms with Gasteiger partial charge in [-0.2, -0.15) is 0 Å². The lowest BCUT2D eigenvalue weighted by molar-refractivity contribution is 0.477. The number of anilines is 2. The van der Waals surface area contributed by atoms with Gasteiger partial charge in [0.15, 0.2) is 0 Å². The molecule has 2 aromatic carbocycles. The van der Waals surface area contributed by atoms with Gasteiger partial charge in [-0.1, -0.05) is 23.2 Å². The number of nitrogens with two attached hydrogens (primary N) is 1. The summed E-state index contributed by atoms with van der Waals surface area (Å²) in [5.74, 6) is -0.196. The molecule has 0 heterocycles. The molecule has 0 spiro atoms. The van der Waals surface area contributed by atoms with Crippen molar-refractivity contribution in [2.45, 2.75) is 4.90 Å². The molecule has 0 saturated carbocycles. The Bertz CT molecular complexity index is 812. The number of sulfonamides is 1. The molecule has 0 bridgehead atoms.